The van der Waals surface area contributed by atoms with E-state index in [4.69, 9.17) is 15.6 Å². The molecule has 0 spiro atoms. The molecule has 5 N–H and O–H groups in total. The van der Waals surface area contributed by atoms with Crippen molar-refractivity contribution in [1.82, 2.24) is 14.5 Å². The quantitative estimate of drug-likeness (QED) is 0.471. The second kappa shape index (κ2) is 4.52. The maximum atomic E-state index is 11.5. The van der Waals surface area contributed by atoms with Crippen molar-refractivity contribution in [3.63, 3.8) is 0 Å². The number of rotatable bonds is 2. The summed E-state index contributed by atoms with van der Waals surface area (Å²) in [5.74, 6) is 0. The van der Waals surface area contributed by atoms with Gasteiger partial charge in [0.25, 0.3) is 6.01 Å². The van der Waals surface area contributed by atoms with Crippen LogP contribution >= 0.6 is 0 Å². The predicted molar refractivity (Wildman–Crippen MR) is 63.5 cm³/mol. The number of nitrogens with two attached hydrogens (primary N) is 1. The molecule has 1 fully saturated rings. The van der Waals surface area contributed by atoms with Crippen molar-refractivity contribution in [3.05, 3.63) is 16.7 Å². The zero-order valence-electron chi connectivity index (χ0n) is 10.1. The van der Waals surface area contributed by atoms with Gasteiger partial charge >= 0.3 is 5.63 Å². The summed E-state index contributed by atoms with van der Waals surface area (Å²) in [5.41, 5.74) is 4.58. The second-order valence-corrected chi connectivity index (χ2v) is 4.39. The summed E-state index contributed by atoms with van der Waals surface area (Å²) in [7, 11) is 0. The Hall–Kier alpha value is -2.01. The van der Waals surface area contributed by atoms with E-state index >= 15 is 0 Å². The van der Waals surface area contributed by atoms with Gasteiger partial charge in [-0.1, -0.05) is 0 Å². The molecule has 3 rings (SSSR count). The fourth-order valence-corrected chi connectivity index (χ4v) is 2.18. The number of hydrogen-bond donors (Lipinski definition) is 4. The highest BCUT2D eigenvalue weighted by atomic mass is 16.6. The van der Waals surface area contributed by atoms with Gasteiger partial charge in [0.05, 0.1) is 12.9 Å². The van der Waals surface area contributed by atoms with E-state index in [2.05, 4.69) is 14.4 Å². The molecule has 2 aromatic heterocycles. The van der Waals surface area contributed by atoms with Crippen molar-refractivity contribution in [2.45, 2.75) is 24.5 Å². The summed E-state index contributed by atoms with van der Waals surface area (Å²) in [6.45, 7) is -0.459. The maximum absolute atomic E-state index is 11.5. The molecule has 10 nitrogen and oxygen atoms in total. The van der Waals surface area contributed by atoms with Crippen molar-refractivity contribution in [1.29, 1.82) is 0 Å². The first-order valence-corrected chi connectivity index (χ1v) is 5.78. The average molecular weight is 284 g/mol. The molecule has 4 atom stereocenters. The van der Waals surface area contributed by atoms with Crippen LogP contribution in [0.1, 0.15) is 6.23 Å². The molecule has 0 amide bonds. The molecule has 2 aromatic rings. The SMILES string of the molecule is Nc1nc2c(ncn2[C@H]2O[C@@H](CO)[C@H](O)[C@H]2O)c(=O)o1. The van der Waals surface area contributed by atoms with Gasteiger partial charge in [-0.3, -0.25) is 4.57 Å². The number of fused-ring (bicyclic) bond motifs is 1. The largest absolute Gasteiger partial charge is 0.394 e. The first-order chi connectivity index (χ1) is 9.52. The third kappa shape index (κ3) is 1.78. The normalized spacial score (nSPS) is 30.1. The van der Waals surface area contributed by atoms with Crippen LogP contribution in [-0.2, 0) is 4.74 Å². The Labute approximate surface area is 111 Å². The molecule has 0 saturated carbocycles. The molecular formula is C10H12N4O6. The summed E-state index contributed by atoms with van der Waals surface area (Å²) >= 11 is 0. The van der Waals surface area contributed by atoms with Crippen LogP contribution in [0.25, 0.3) is 11.2 Å². The van der Waals surface area contributed by atoms with Crippen LogP contribution in [0, 0.1) is 0 Å². The fourth-order valence-electron chi connectivity index (χ4n) is 2.18. The molecule has 10 heteroatoms. The lowest BCUT2D eigenvalue weighted by atomic mass is 10.1. The third-order valence-electron chi connectivity index (χ3n) is 3.17. The molecule has 0 aromatic carbocycles. The zero-order chi connectivity index (χ0) is 14.4. The lowest BCUT2D eigenvalue weighted by Gasteiger charge is -2.16. The lowest BCUT2D eigenvalue weighted by Crippen LogP contribution is -2.33. The van der Waals surface area contributed by atoms with Gasteiger partial charge in [-0.25, -0.2) is 9.78 Å². The number of aromatic nitrogens is 3. The van der Waals surface area contributed by atoms with E-state index in [1.165, 1.54) is 10.9 Å². The highest BCUT2D eigenvalue weighted by Crippen LogP contribution is 2.30. The van der Waals surface area contributed by atoms with Crippen molar-refractivity contribution >= 4 is 17.2 Å². The maximum Gasteiger partial charge on any atom is 0.368 e. The van der Waals surface area contributed by atoms with Gasteiger partial charge in [-0.05, 0) is 0 Å². The van der Waals surface area contributed by atoms with E-state index in [1.807, 2.05) is 0 Å². The Morgan fingerprint density at radius 3 is 2.80 bits per heavy atom. The van der Waals surface area contributed by atoms with Crippen LogP contribution in [0.4, 0.5) is 6.01 Å². The van der Waals surface area contributed by atoms with Crippen LogP contribution in [0.2, 0.25) is 0 Å². The summed E-state index contributed by atoms with van der Waals surface area (Å²) < 4.78 is 11.2. The van der Waals surface area contributed by atoms with Crippen LogP contribution in [-0.4, -0.2) is 54.8 Å². The van der Waals surface area contributed by atoms with E-state index < -0.39 is 36.8 Å². The first-order valence-electron chi connectivity index (χ1n) is 5.78. The number of aliphatic hydroxyl groups is 3. The minimum absolute atomic E-state index is 0.0635. The van der Waals surface area contributed by atoms with Gasteiger partial charge in [0.15, 0.2) is 17.4 Å². The molecule has 1 saturated heterocycles. The molecule has 3 heterocycles. The number of nitrogens with zero attached hydrogens (tertiary/aromatic N) is 3. The summed E-state index contributed by atoms with van der Waals surface area (Å²) in [5, 5.41) is 28.7. The van der Waals surface area contributed by atoms with Crippen LogP contribution in [0.3, 0.4) is 0 Å². The number of imidazole rings is 1. The Bertz CT molecular complexity index is 697. The number of anilines is 1. The van der Waals surface area contributed by atoms with Crippen LogP contribution < -0.4 is 11.4 Å². The topological polar surface area (TPSA) is 157 Å². The first kappa shape index (κ1) is 13.0. The standard InChI is InChI=1S/C10H12N4O6/c11-10-13-7-4(9(18)20-10)12-2-14(7)8-6(17)5(16)3(1-15)19-8/h2-3,5-6,8,15-17H,1H2,(H2,11,13)/t3-,5-,6+,8-/m0/s1. The Morgan fingerprint density at radius 1 is 1.40 bits per heavy atom. The van der Waals surface area contributed by atoms with E-state index in [-0.39, 0.29) is 17.2 Å². The summed E-state index contributed by atoms with van der Waals surface area (Å²) in [6, 6.07) is -0.351. The van der Waals surface area contributed by atoms with Gasteiger partial charge in [0.2, 0.25) is 0 Å². The molecule has 0 bridgehead atoms. The number of nitrogen functional groups attached to an aromatic ring is 1. The Kier molecular flexibility index (Phi) is 2.94. The molecule has 0 radical (unpaired) electrons. The highest BCUT2D eigenvalue weighted by Gasteiger charge is 2.44. The molecule has 1 aliphatic heterocycles. The number of ether oxygens (including phenoxy) is 1. The monoisotopic (exact) mass is 284 g/mol. The van der Waals surface area contributed by atoms with E-state index in [1.54, 1.807) is 0 Å². The highest BCUT2D eigenvalue weighted by molar-refractivity contribution is 5.69. The van der Waals surface area contributed by atoms with Crippen LogP contribution in [0.15, 0.2) is 15.5 Å². The second-order valence-electron chi connectivity index (χ2n) is 4.39. The van der Waals surface area contributed by atoms with Crippen molar-refractivity contribution in [3.8, 4) is 0 Å². The molecule has 0 unspecified atom stereocenters. The molecular weight excluding hydrogens is 272 g/mol. The fraction of sp³-hybridized carbons (Fsp3) is 0.500. The number of aliphatic hydroxyl groups excluding tert-OH is 3. The summed E-state index contributed by atoms with van der Waals surface area (Å²) in [6.07, 6.45) is -3.33. The predicted octanol–water partition coefficient (Wildman–Crippen LogP) is -2.42. The minimum atomic E-state index is -1.31. The van der Waals surface area contributed by atoms with E-state index in [0.717, 1.165) is 0 Å². The third-order valence-corrected chi connectivity index (χ3v) is 3.17. The summed E-state index contributed by atoms with van der Waals surface area (Å²) in [4.78, 5) is 19.2. The van der Waals surface area contributed by atoms with Gasteiger partial charge < -0.3 is 30.2 Å². The molecule has 20 heavy (non-hydrogen) atoms. The van der Waals surface area contributed by atoms with Crippen LogP contribution in [0.5, 0.6) is 0 Å². The smallest absolute Gasteiger partial charge is 0.368 e. The van der Waals surface area contributed by atoms with Gasteiger partial charge in [-0.15, -0.1) is 0 Å². The molecule has 108 valence electrons. The zero-order valence-corrected chi connectivity index (χ0v) is 10.1. The van der Waals surface area contributed by atoms with E-state index in [9.17, 15) is 15.0 Å². The van der Waals surface area contributed by atoms with Gasteiger partial charge in [0.1, 0.15) is 18.3 Å². The van der Waals surface area contributed by atoms with Gasteiger partial charge in [-0.2, -0.15) is 4.98 Å². The minimum Gasteiger partial charge on any atom is -0.394 e. The Morgan fingerprint density at radius 2 is 2.15 bits per heavy atom. The van der Waals surface area contributed by atoms with Gasteiger partial charge in [0, 0.05) is 0 Å². The number of hydrogen-bond acceptors (Lipinski definition) is 9. The Balaban J connectivity index is 2.09. The van der Waals surface area contributed by atoms with Crippen molar-refractivity contribution < 1.29 is 24.5 Å². The van der Waals surface area contributed by atoms with Crippen molar-refractivity contribution in [2.75, 3.05) is 12.3 Å². The molecule has 1 aliphatic rings. The molecule has 0 aliphatic carbocycles. The average Bonchev–Trinajstić information content (AvgIpc) is 2.93. The lowest BCUT2D eigenvalue weighted by molar-refractivity contribution is -0.0511. The van der Waals surface area contributed by atoms with E-state index in [0.29, 0.717) is 0 Å². The van der Waals surface area contributed by atoms with Crippen molar-refractivity contribution in [2.24, 2.45) is 0 Å².